The molecule has 4 nitrogen and oxygen atoms in total. The van der Waals surface area contributed by atoms with Crippen molar-refractivity contribution in [3.63, 3.8) is 0 Å². The first kappa shape index (κ1) is 11.4. The van der Waals surface area contributed by atoms with E-state index in [0.29, 0.717) is 6.04 Å². The number of H-pyrrole nitrogens is 1. The molecular weight excluding hydrogens is 300 g/mol. The Morgan fingerprint density at radius 2 is 2.47 bits per heavy atom. The van der Waals surface area contributed by atoms with Crippen LogP contribution in [0.5, 0.6) is 0 Å². The van der Waals surface area contributed by atoms with E-state index in [4.69, 9.17) is 0 Å². The summed E-state index contributed by atoms with van der Waals surface area (Å²) < 4.78 is 0.937. The monoisotopic (exact) mass is 312 g/mol. The summed E-state index contributed by atoms with van der Waals surface area (Å²) in [5.41, 5.74) is 1.12. The topological polar surface area (TPSA) is 53.6 Å². The zero-order valence-corrected chi connectivity index (χ0v) is 11.6. The number of rotatable bonds is 5. The van der Waals surface area contributed by atoms with Crippen LogP contribution < -0.4 is 5.32 Å². The molecule has 1 aliphatic rings. The van der Waals surface area contributed by atoms with Crippen LogP contribution in [0.2, 0.25) is 0 Å². The van der Waals surface area contributed by atoms with Crippen molar-refractivity contribution in [3.8, 4) is 0 Å². The molecule has 2 heterocycles. The van der Waals surface area contributed by atoms with Crippen molar-refractivity contribution in [2.24, 2.45) is 5.92 Å². The van der Waals surface area contributed by atoms with Crippen molar-refractivity contribution in [2.45, 2.75) is 25.4 Å². The van der Waals surface area contributed by atoms with Crippen LogP contribution in [-0.4, -0.2) is 15.2 Å². The predicted octanol–water partition coefficient (Wildman–Crippen LogP) is 2.87. The molecule has 1 aliphatic carbocycles. The third-order valence-corrected chi connectivity index (χ3v) is 4.56. The third kappa shape index (κ3) is 2.75. The molecule has 2 N–H and O–H groups in total. The molecule has 90 valence electrons. The van der Waals surface area contributed by atoms with Crippen LogP contribution in [0, 0.1) is 5.92 Å². The van der Waals surface area contributed by atoms with E-state index in [1.54, 1.807) is 17.5 Å². The third-order valence-electron chi connectivity index (χ3n) is 2.92. The quantitative estimate of drug-likeness (QED) is 0.892. The first-order valence-corrected chi connectivity index (χ1v) is 7.33. The molecule has 17 heavy (non-hydrogen) atoms. The van der Waals surface area contributed by atoms with Crippen molar-refractivity contribution >= 4 is 27.3 Å². The largest absolute Gasteiger partial charge is 0.302 e. The van der Waals surface area contributed by atoms with Crippen LogP contribution in [0.3, 0.4) is 0 Å². The number of nitrogens with one attached hydrogen (secondary N) is 2. The van der Waals surface area contributed by atoms with Gasteiger partial charge in [0.2, 0.25) is 0 Å². The van der Waals surface area contributed by atoms with E-state index in [-0.39, 0.29) is 0 Å². The summed E-state index contributed by atoms with van der Waals surface area (Å²) in [5.74, 6) is 0.746. The standard InChI is InChI=1S/C11H13BrN4S/c12-9-6-17-11(15-9)10(7-1-2-7)13-5-8-3-4-14-16-8/h3-4,6-7,10,13H,1-2,5H2,(H,14,16). The van der Waals surface area contributed by atoms with Gasteiger partial charge in [0, 0.05) is 23.8 Å². The predicted molar refractivity (Wildman–Crippen MR) is 70.7 cm³/mol. The number of aromatic amines is 1. The van der Waals surface area contributed by atoms with Gasteiger partial charge in [0.05, 0.1) is 6.04 Å². The molecule has 6 heteroatoms. The fourth-order valence-electron chi connectivity index (χ4n) is 1.90. The first-order chi connectivity index (χ1) is 8.33. The molecule has 1 atom stereocenters. The van der Waals surface area contributed by atoms with Crippen LogP contribution in [0.1, 0.15) is 29.6 Å². The molecule has 1 unspecified atom stereocenters. The normalized spacial score (nSPS) is 17.2. The van der Waals surface area contributed by atoms with E-state index in [2.05, 4.69) is 36.4 Å². The van der Waals surface area contributed by atoms with Gasteiger partial charge < -0.3 is 5.32 Å². The zero-order valence-electron chi connectivity index (χ0n) is 9.19. The molecule has 0 radical (unpaired) electrons. The molecule has 0 amide bonds. The smallest absolute Gasteiger partial charge is 0.117 e. The van der Waals surface area contributed by atoms with Gasteiger partial charge in [0.25, 0.3) is 0 Å². The number of hydrogen-bond donors (Lipinski definition) is 2. The lowest BCUT2D eigenvalue weighted by Gasteiger charge is -2.14. The van der Waals surface area contributed by atoms with E-state index >= 15 is 0 Å². The minimum atomic E-state index is 0.384. The number of halogens is 1. The fourth-order valence-corrected chi connectivity index (χ4v) is 3.33. The Morgan fingerprint density at radius 3 is 3.06 bits per heavy atom. The molecule has 0 bridgehead atoms. The molecule has 0 aliphatic heterocycles. The summed E-state index contributed by atoms with van der Waals surface area (Å²) >= 11 is 5.13. The van der Waals surface area contributed by atoms with Gasteiger partial charge >= 0.3 is 0 Å². The summed E-state index contributed by atoms with van der Waals surface area (Å²) in [5, 5.41) is 13.7. The van der Waals surface area contributed by atoms with Gasteiger partial charge in [-0.05, 0) is 40.8 Å². The van der Waals surface area contributed by atoms with Crippen LogP contribution in [0.15, 0.2) is 22.2 Å². The van der Waals surface area contributed by atoms with E-state index < -0.39 is 0 Å². The maximum atomic E-state index is 4.52. The molecule has 0 spiro atoms. The lowest BCUT2D eigenvalue weighted by Crippen LogP contribution is -2.22. The van der Waals surface area contributed by atoms with Gasteiger partial charge in [-0.15, -0.1) is 11.3 Å². The molecule has 3 rings (SSSR count). The van der Waals surface area contributed by atoms with E-state index in [1.165, 1.54) is 17.8 Å². The van der Waals surface area contributed by atoms with Gasteiger partial charge in [-0.1, -0.05) is 0 Å². The van der Waals surface area contributed by atoms with Gasteiger partial charge in [-0.2, -0.15) is 5.10 Å². The van der Waals surface area contributed by atoms with Crippen molar-refractivity contribution < 1.29 is 0 Å². The second kappa shape index (κ2) is 4.88. The highest BCUT2D eigenvalue weighted by atomic mass is 79.9. The van der Waals surface area contributed by atoms with Crippen LogP contribution in [0.4, 0.5) is 0 Å². The Balaban J connectivity index is 1.68. The highest BCUT2D eigenvalue weighted by molar-refractivity contribution is 9.10. The molecule has 1 saturated carbocycles. The summed E-state index contributed by atoms with van der Waals surface area (Å²) in [7, 11) is 0. The average molecular weight is 313 g/mol. The van der Waals surface area contributed by atoms with E-state index in [0.717, 1.165) is 22.8 Å². The highest BCUT2D eigenvalue weighted by Gasteiger charge is 2.33. The summed E-state index contributed by atoms with van der Waals surface area (Å²) in [6.45, 7) is 0.818. The van der Waals surface area contributed by atoms with Gasteiger partial charge in [-0.3, -0.25) is 5.10 Å². The molecular formula is C11H13BrN4S. The maximum Gasteiger partial charge on any atom is 0.117 e. The van der Waals surface area contributed by atoms with Crippen LogP contribution >= 0.6 is 27.3 Å². The summed E-state index contributed by atoms with van der Waals surface area (Å²) in [4.78, 5) is 4.52. The van der Waals surface area contributed by atoms with Crippen molar-refractivity contribution in [2.75, 3.05) is 0 Å². The number of thiazole rings is 1. The van der Waals surface area contributed by atoms with Gasteiger partial charge in [-0.25, -0.2) is 4.98 Å². The second-order valence-electron chi connectivity index (χ2n) is 4.29. The highest BCUT2D eigenvalue weighted by Crippen LogP contribution is 2.42. The minimum absolute atomic E-state index is 0.384. The maximum absolute atomic E-state index is 4.52. The molecule has 2 aromatic heterocycles. The van der Waals surface area contributed by atoms with E-state index in [1.807, 2.05) is 11.4 Å². The molecule has 1 fully saturated rings. The Bertz CT molecular complexity index is 477. The Hall–Kier alpha value is -0.720. The number of aromatic nitrogens is 3. The van der Waals surface area contributed by atoms with Crippen LogP contribution in [0.25, 0.3) is 0 Å². The lowest BCUT2D eigenvalue weighted by atomic mass is 10.2. The van der Waals surface area contributed by atoms with Crippen molar-refractivity contribution in [3.05, 3.63) is 32.9 Å². The second-order valence-corrected chi connectivity index (χ2v) is 5.99. The molecule has 2 aromatic rings. The Kier molecular flexibility index (Phi) is 3.26. The number of hydrogen-bond acceptors (Lipinski definition) is 4. The molecule has 0 saturated heterocycles. The summed E-state index contributed by atoms with van der Waals surface area (Å²) in [6, 6.07) is 2.38. The van der Waals surface area contributed by atoms with Gasteiger partial charge in [0.15, 0.2) is 0 Å². The molecule has 0 aromatic carbocycles. The SMILES string of the molecule is Brc1csc(C(NCc2ccn[nH]2)C2CC2)n1. The Morgan fingerprint density at radius 1 is 1.59 bits per heavy atom. The van der Waals surface area contributed by atoms with E-state index in [9.17, 15) is 0 Å². The minimum Gasteiger partial charge on any atom is -0.302 e. The van der Waals surface area contributed by atoms with Gasteiger partial charge in [0.1, 0.15) is 9.61 Å². The van der Waals surface area contributed by atoms with Crippen molar-refractivity contribution in [1.29, 1.82) is 0 Å². The average Bonchev–Trinajstić information content (AvgIpc) is 2.85. The summed E-state index contributed by atoms with van der Waals surface area (Å²) in [6.07, 6.45) is 4.39. The fraction of sp³-hybridized carbons (Fsp3) is 0.455. The Labute approximate surface area is 112 Å². The first-order valence-electron chi connectivity index (χ1n) is 5.65. The lowest BCUT2D eigenvalue weighted by molar-refractivity contribution is 0.474. The van der Waals surface area contributed by atoms with Crippen LogP contribution in [-0.2, 0) is 6.54 Å². The number of nitrogens with zero attached hydrogens (tertiary/aromatic N) is 2. The van der Waals surface area contributed by atoms with Crippen molar-refractivity contribution in [1.82, 2.24) is 20.5 Å². The zero-order chi connectivity index (χ0) is 11.7.